The zero-order valence-corrected chi connectivity index (χ0v) is 16.2. The van der Waals surface area contributed by atoms with Crippen molar-refractivity contribution in [2.24, 2.45) is 5.73 Å². The van der Waals surface area contributed by atoms with Crippen LogP contribution in [0.25, 0.3) is 11.1 Å². The topological polar surface area (TPSA) is 116 Å². The van der Waals surface area contributed by atoms with Crippen molar-refractivity contribution in [3.05, 3.63) is 87.9 Å². The molecule has 0 bridgehead atoms. The summed E-state index contributed by atoms with van der Waals surface area (Å²) in [5, 5.41) is 20.1. The van der Waals surface area contributed by atoms with Crippen LogP contribution in [-0.4, -0.2) is 22.8 Å². The van der Waals surface area contributed by atoms with E-state index < -0.39 is 11.9 Å². The molecule has 0 aliphatic rings. The molecule has 0 unspecified atom stereocenters. The Bertz CT molecular complexity index is 1120. The Morgan fingerprint density at radius 2 is 1.66 bits per heavy atom. The van der Waals surface area contributed by atoms with Crippen LogP contribution in [0.2, 0.25) is 5.02 Å². The summed E-state index contributed by atoms with van der Waals surface area (Å²) in [4.78, 5) is 24.6. The fraction of sp³-hybridized carbons (Fsp3) is 0.0455. The number of amides is 1. The van der Waals surface area contributed by atoms with Crippen molar-refractivity contribution in [2.45, 2.75) is 6.92 Å². The number of benzene rings is 3. The number of carbonyl (C=O) groups excluding carboxylic acids is 1. The van der Waals surface area contributed by atoms with E-state index in [2.05, 4.69) is 5.32 Å². The second-order valence-corrected chi connectivity index (χ2v) is 6.93. The summed E-state index contributed by atoms with van der Waals surface area (Å²) in [5.74, 6) is -1.56. The van der Waals surface area contributed by atoms with Crippen molar-refractivity contribution in [3.63, 3.8) is 0 Å². The highest BCUT2D eigenvalue weighted by molar-refractivity contribution is 6.31. The number of carboxylic acid groups (broad SMARTS) is 1. The normalized spacial score (nSPS) is 10.4. The maximum absolute atomic E-state index is 13.0. The number of nitrogens with one attached hydrogen (secondary N) is 2. The van der Waals surface area contributed by atoms with Crippen LogP contribution in [0.15, 0.2) is 60.7 Å². The van der Waals surface area contributed by atoms with E-state index in [0.717, 1.165) is 5.56 Å². The van der Waals surface area contributed by atoms with Gasteiger partial charge in [-0.05, 0) is 66.6 Å². The highest BCUT2D eigenvalue weighted by atomic mass is 35.5. The first-order valence-electron chi connectivity index (χ1n) is 8.66. The van der Waals surface area contributed by atoms with Gasteiger partial charge in [-0.3, -0.25) is 10.2 Å². The molecule has 146 valence electrons. The van der Waals surface area contributed by atoms with E-state index in [4.69, 9.17) is 22.7 Å². The molecule has 0 spiro atoms. The van der Waals surface area contributed by atoms with Crippen LogP contribution in [0.1, 0.15) is 31.8 Å². The summed E-state index contributed by atoms with van der Waals surface area (Å²) >= 11 is 6.08. The lowest BCUT2D eigenvalue weighted by molar-refractivity contribution is 0.0697. The van der Waals surface area contributed by atoms with Crippen LogP contribution >= 0.6 is 11.6 Å². The Labute approximate surface area is 172 Å². The molecule has 6 nitrogen and oxygen atoms in total. The van der Waals surface area contributed by atoms with Crippen molar-refractivity contribution in [1.29, 1.82) is 5.41 Å². The number of halogens is 1. The number of nitrogens with two attached hydrogens (primary N) is 1. The molecule has 0 aliphatic carbocycles. The third-order valence-corrected chi connectivity index (χ3v) is 4.61. The minimum absolute atomic E-state index is 0.0538. The maximum atomic E-state index is 13.0. The standard InChI is InChI=1S/C22H18ClN3O3/c1-12-2-8-16(18-11-14(23)5-9-17(18)22(28)29)19(10-12)21(27)26-15-6-3-13(4-7-15)20(24)25/h2-11H,1H3,(H3,24,25)(H,26,27)(H,28,29). The number of hydrogen-bond acceptors (Lipinski definition) is 3. The summed E-state index contributed by atoms with van der Waals surface area (Å²) in [7, 11) is 0. The Balaban J connectivity index is 2.04. The number of hydrogen-bond donors (Lipinski definition) is 4. The van der Waals surface area contributed by atoms with Gasteiger partial charge in [0.2, 0.25) is 0 Å². The number of carboxylic acids is 1. The van der Waals surface area contributed by atoms with E-state index in [1.54, 1.807) is 42.5 Å². The van der Waals surface area contributed by atoms with E-state index in [9.17, 15) is 14.7 Å². The Kier molecular flexibility index (Phi) is 5.66. The first kappa shape index (κ1) is 20.1. The summed E-state index contributed by atoms with van der Waals surface area (Å²) in [6.07, 6.45) is 0. The van der Waals surface area contributed by atoms with Crippen molar-refractivity contribution in [1.82, 2.24) is 0 Å². The van der Waals surface area contributed by atoms with Crippen molar-refractivity contribution >= 4 is 35.0 Å². The molecule has 0 radical (unpaired) electrons. The molecule has 29 heavy (non-hydrogen) atoms. The molecular formula is C22H18ClN3O3. The minimum Gasteiger partial charge on any atom is -0.478 e. The molecule has 5 N–H and O–H groups in total. The molecule has 0 heterocycles. The number of aryl methyl sites for hydroxylation is 1. The molecule has 1 amide bonds. The van der Waals surface area contributed by atoms with Crippen molar-refractivity contribution < 1.29 is 14.7 Å². The predicted octanol–water partition coefficient (Wildman–Crippen LogP) is 4.55. The quantitative estimate of drug-likeness (QED) is 0.366. The third-order valence-electron chi connectivity index (χ3n) is 4.38. The average molecular weight is 408 g/mol. The first-order chi connectivity index (χ1) is 13.8. The average Bonchev–Trinajstić information content (AvgIpc) is 2.68. The van der Waals surface area contributed by atoms with Crippen LogP contribution < -0.4 is 11.1 Å². The van der Waals surface area contributed by atoms with Crippen LogP contribution in [0.3, 0.4) is 0 Å². The molecule has 0 fully saturated rings. The fourth-order valence-corrected chi connectivity index (χ4v) is 3.11. The van der Waals surface area contributed by atoms with E-state index >= 15 is 0 Å². The number of amidine groups is 1. The van der Waals surface area contributed by atoms with Gasteiger partial charge in [-0.2, -0.15) is 0 Å². The second-order valence-electron chi connectivity index (χ2n) is 6.49. The highest BCUT2D eigenvalue weighted by Crippen LogP contribution is 2.31. The lowest BCUT2D eigenvalue weighted by Crippen LogP contribution is -2.15. The smallest absolute Gasteiger partial charge is 0.336 e. The Hall–Kier alpha value is -3.64. The zero-order chi connectivity index (χ0) is 21.1. The number of rotatable bonds is 5. The van der Waals surface area contributed by atoms with Gasteiger partial charge in [0.25, 0.3) is 5.91 Å². The number of nitrogen functional groups attached to an aromatic ring is 1. The SMILES string of the molecule is Cc1ccc(-c2cc(Cl)ccc2C(=O)O)c(C(=O)Nc2ccc(C(=N)N)cc2)c1. The molecular weight excluding hydrogens is 390 g/mol. The minimum atomic E-state index is -1.11. The molecule has 0 aromatic heterocycles. The van der Waals surface area contributed by atoms with Gasteiger partial charge in [-0.25, -0.2) is 4.79 Å². The molecule has 7 heteroatoms. The van der Waals surface area contributed by atoms with Gasteiger partial charge in [0, 0.05) is 21.8 Å². The van der Waals surface area contributed by atoms with Crippen LogP contribution in [0.4, 0.5) is 5.69 Å². The van der Waals surface area contributed by atoms with Gasteiger partial charge in [0.1, 0.15) is 5.84 Å². The summed E-state index contributed by atoms with van der Waals surface area (Å²) in [6.45, 7) is 1.85. The predicted molar refractivity (Wildman–Crippen MR) is 114 cm³/mol. The zero-order valence-electron chi connectivity index (χ0n) is 15.5. The third kappa shape index (κ3) is 4.44. The van der Waals surface area contributed by atoms with Gasteiger partial charge in [-0.15, -0.1) is 0 Å². The molecule has 0 atom stereocenters. The molecule has 0 saturated heterocycles. The molecule has 0 saturated carbocycles. The highest BCUT2D eigenvalue weighted by Gasteiger charge is 2.19. The van der Waals surface area contributed by atoms with E-state index in [1.807, 2.05) is 6.92 Å². The Morgan fingerprint density at radius 3 is 2.28 bits per heavy atom. The maximum Gasteiger partial charge on any atom is 0.336 e. The van der Waals surface area contributed by atoms with Gasteiger partial charge in [-0.1, -0.05) is 29.3 Å². The lowest BCUT2D eigenvalue weighted by Gasteiger charge is -2.14. The van der Waals surface area contributed by atoms with Gasteiger partial charge in [0.05, 0.1) is 5.56 Å². The molecule has 0 aliphatic heterocycles. The number of carbonyl (C=O) groups is 2. The van der Waals surface area contributed by atoms with E-state index in [-0.39, 0.29) is 11.4 Å². The van der Waals surface area contributed by atoms with Gasteiger partial charge < -0.3 is 16.2 Å². The van der Waals surface area contributed by atoms with Gasteiger partial charge >= 0.3 is 5.97 Å². The van der Waals surface area contributed by atoms with Crippen LogP contribution in [0, 0.1) is 12.3 Å². The fourth-order valence-electron chi connectivity index (χ4n) is 2.94. The molecule has 3 aromatic carbocycles. The summed E-state index contributed by atoms with van der Waals surface area (Å²) < 4.78 is 0. The molecule has 3 aromatic rings. The number of aromatic carboxylic acids is 1. The van der Waals surface area contributed by atoms with E-state index in [1.165, 1.54) is 18.2 Å². The van der Waals surface area contributed by atoms with Gasteiger partial charge in [0.15, 0.2) is 0 Å². The van der Waals surface area contributed by atoms with Crippen LogP contribution in [0.5, 0.6) is 0 Å². The van der Waals surface area contributed by atoms with Crippen LogP contribution in [-0.2, 0) is 0 Å². The molecule has 3 rings (SSSR count). The first-order valence-corrected chi connectivity index (χ1v) is 9.03. The second kappa shape index (κ2) is 8.16. The van der Waals surface area contributed by atoms with Crippen molar-refractivity contribution in [3.8, 4) is 11.1 Å². The lowest BCUT2D eigenvalue weighted by atomic mass is 9.93. The Morgan fingerprint density at radius 1 is 0.966 bits per heavy atom. The summed E-state index contributed by atoms with van der Waals surface area (Å²) in [5.41, 5.74) is 8.57. The largest absolute Gasteiger partial charge is 0.478 e. The van der Waals surface area contributed by atoms with Crippen molar-refractivity contribution in [2.75, 3.05) is 5.32 Å². The summed E-state index contributed by atoms with van der Waals surface area (Å²) in [6, 6.07) is 16.2. The monoisotopic (exact) mass is 407 g/mol. The number of anilines is 1. The van der Waals surface area contributed by atoms with E-state index in [0.29, 0.717) is 33.0 Å².